The number of carboxylic acid groups (broad SMARTS) is 1. The first kappa shape index (κ1) is 10.0. The van der Waals surface area contributed by atoms with Gasteiger partial charge in [-0.1, -0.05) is 13.8 Å². The van der Waals surface area contributed by atoms with E-state index in [9.17, 15) is 9.59 Å². The van der Waals surface area contributed by atoms with Crippen molar-refractivity contribution < 1.29 is 14.7 Å². The van der Waals surface area contributed by atoms with Crippen LogP contribution < -0.4 is 0 Å². The molecule has 2 atom stereocenters. The summed E-state index contributed by atoms with van der Waals surface area (Å²) in [4.78, 5) is 22.6. The van der Waals surface area contributed by atoms with Crippen LogP contribution in [0.25, 0.3) is 0 Å². The molecule has 1 N–H and O–H groups in total. The van der Waals surface area contributed by atoms with Gasteiger partial charge < -0.3 is 9.90 Å². The second-order valence-electron chi connectivity index (χ2n) is 3.98. The molecule has 1 fully saturated rings. The first-order valence-corrected chi connectivity index (χ1v) is 4.47. The third-order valence-electron chi connectivity index (χ3n) is 2.91. The van der Waals surface area contributed by atoms with Gasteiger partial charge in [0.1, 0.15) is 6.29 Å². The first-order chi connectivity index (χ1) is 6.02. The Morgan fingerprint density at radius 3 is 2.69 bits per heavy atom. The summed E-state index contributed by atoms with van der Waals surface area (Å²) in [6, 6.07) is -0.442. The zero-order chi connectivity index (χ0) is 10.1. The number of rotatable bonds is 2. The largest absolute Gasteiger partial charge is 0.465 e. The van der Waals surface area contributed by atoms with Crippen LogP contribution in [0.3, 0.4) is 0 Å². The predicted octanol–water partition coefficient (Wildman–Crippen LogP) is 1.35. The lowest BCUT2D eigenvalue weighted by molar-refractivity contribution is -0.111. The van der Waals surface area contributed by atoms with Crippen LogP contribution in [-0.4, -0.2) is 35.0 Å². The van der Waals surface area contributed by atoms with E-state index in [1.807, 2.05) is 13.8 Å². The summed E-state index contributed by atoms with van der Waals surface area (Å²) in [6.45, 7) is 4.52. The molecule has 0 radical (unpaired) electrons. The van der Waals surface area contributed by atoms with Crippen LogP contribution in [0.4, 0.5) is 4.79 Å². The van der Waals surface area contributed by atoms with Gasteiger partial charge in [0, 0.05) is 6.54 Å². The minimum Gasteiger partial charge on any atom is -0.465 e. The van der Waals surface area contributed by atoms with Crippen molar-refractivity contribution in [2.75, 3.05) is 6.54 Å². The maximum absolute atomic E-state index is 10.7. The number of hydrogen-bond donors (Lipinski definition) is 1. The minimum atomic E-state index is -0.991. The van der Waals surface area contributed by atoms with Gasteiger partial charge in [-0.15, -0.1) is 0 Å². The number of carbonyl (C=O) groups is 2. The van der Waals surface area contributed by atoms with Gasteiger partial charge in [0.25, 0.3) is 0 Å². The molecular weight excluding hydrogens is 170 g/mol. The Hall–Kier alpha value is -1.06. The molecule has 0 aromatic rings. The van der Waals surface area contributed by atoms with Gasteiger partial charge in [-0.05, 0) is 18.3 Å². The molecule has 0 aromatic heterocycles. The molecule has 2 unspecified atom stereocenters. The Morgan fingerprint density at radius 1 is 1.77 bits per heavy atom. The Labute approximate surface area is 77.5 Å². The Morgan fingerprint density at radius 2 is 2.38 bits per heavy atom. The third-order valence-corrected chi connectivity index (χ3v) is 2.91. The van der Waals surface area contributed by atoms with Crippen molar-refractivity contribution in [1.82, 2.24) is 4.90 Å². The summed E-state index contributed by atoms with van der Waals surface area (Å²) < 4.78 is 0. The van der Waals surface area contributed by atoms with Gasteiger partial charge in [0.2, 0.25) is 0 Å². The van der Waals surface area contributed by atoms with E-state index >= 15 is 0 Å². The van der Waals surface area contributed by atoms with E-state index in [4.69, 9.17) is 5.11 Å². The van der Waals surface area contributed by atoms with Crippen molar-refractivity contribution >= 4 is 12.4 Å². The summed E-state index contributed by atoms with van der Waals surface area (Å²) in [7, 11) is 0. The van der Waals surface area contributed by atoms with Gasteiger partial charge in [-0.25, -0.2) is 4.79 Å². The molecule has 74 valence electrons. The lowest BCUT2D eigenvalue weighted by Gasteiger charge is -2.20. The van der Waals surface area contributed by atoms with Crippen LogP contribution in [0.15, 0.2) is 0 Å². The molecule has 4 heteroatoms. The Balaban J connectivity index is 2.77. The topological polar surface area (TPSA) is 57.6 Å². The molecule has 0 bridgehead atoms. The molecular formula is C9H15NO3. The molecule has 1 amide bonds. The smallest absolute Gasteiger partial charge is 0.407 e. The second kappa shape index (κ2) is 3.36. The van der Waals surface area contributed by atoms with Crippen molar-refractivity contribution in [3.63, 3.8) is 0 Å². The zero-order valence-electron chi connectivity index (χ0n) is 7.99. The second-order valence-corrected chi connectivity index (χ2v) is 3.98. The molecule has 0 saturated carbocycles. The fraction of sp³-hybridized carbons (Fsp3) is 0.778. The molecule has 0 aromatic carbocycles. The maximum Gasteiger partial charge on any atom is 0.407 e. The van der Waals surface area contributed by atoms with E-state index < -0.39 is 12.1 Å². The lowest BCUT2D eigenvalue weighted by atomic mass is 9.85. The van der Waals surface area contributed by atoms with Crippen LogP contribution >= 0.6 is 0 Å². The highest BCUT2D eigenvalue weighted by Crippen LogP contribution is 2.36. The standard InChI is InChI=1S/C9H15NO3/c1-3-9(2)4-7(5-11)10(6-9)8(12)13/h5,7H,3-4,6H2,1-2H3,(H,12,13). The highest BCUT2D eigenvalue weighted by molar-refractivity contribution is 5.72. The predicted molar refractivity (Wildman–Crippen MR) is 47.6 cm³/mol. The fourth-order valence-corrected chi connectivity index (χ4v) is 1.80. The van der Waals surface area contributed by atoms with E-state index in [0.29, 0.717) is 13.0 Å². The van der Waals surface area contributed by atoms with E-state index in [-0.39, 0.29) is 5.41 Å². The van der Waals surface area contributed by atoms with Crippen molar-refractivity contribution in [2.24, 2.45) is 5.41 Å². The number of amides is 1. The summed E-state index contributed by atoms with van der Waals surface area (Å²) in [5, 5.41) is 8.81. The van der Waals surface area contributed by atoms with Crippen LogP contribution in [0.2, 0.25) is 0 Å². The molecule has 1 aliphatic heterocycles. The van der Waals surface area contributed by atoms with Gasteiger partial charge in [0.15, 0.2) is 0 Å². The van der Waals surface area contributed by atoms with Crippen molar-refractivity contribution in [3.8, 4) is 0 Å². The van der Waals surface area contributed by atoms with E-state index in [1.165, 1.54) is 4.90 Å². The molecule has 1 rings (SSSR count). The lowest BCUT2D eigenvalue weighted by Crippen LogP contribution is -2.35. The van der Waals surface area contributed by atoms with Crippen LogP contribution in [-0.2, 0) is 4.79 Å². The number of hydrogen-bond acceptors (Lipinski definition) is 2. The summed E-state index contributed by atoms with van der Waals surface area (Å²) >= 11 is 0. The van der Waals surface area contributed by atoms with Gasteiger partial charge in [-0.2, -0.15) is 0 Å². The molecule has 1 heterocycles. The van der Waals surface area contributed by atoms with Crippen LogP contribution in [0.5, 0.6) is 0 Å². The van der Waals surface area contributed by atoms with Crippen molar-refractivity contribution in [2.45, 2.75) is 32.7 Å². The average Bonchev–Trinajstić information content (AvgIpc) is 2.44. The molecule has 0 aliphatic carbocycles. The number of likely N-dealkylation sites (tertiary alicyclic amines) is 1. The number of aldehydes is 1. The molecule has 1 saturated heterocycles. The first-order valence-electron chi connectivity index (χ1n) is 4.47. The zero-order valence-corrected chi connectivity index (χ0v) is 7.99. The monoisotopic (exact) mass is 185 g/mol. The molecule has 1 aliphatic rings. The van der Waals surface area contributed by atoms with E-state index in [2.05, 4.69) is 0 Å². The molecule has 0 spiro atoms. The Kier molecular flexibility index (Phi) is 2.59. The fourth-order valence-electron chi connectivity index (χ4n) is 1.80. The normalized spacial score (nSPS) is 33.4. The van der Waals surface area contributed by atoms with Crippen LogP contribution in [0, 0.1) is 5.41 Å². The number of nitrogens with zero attached hydrogens (tertiary/aromatic N) is 1. The molecule has 4 nitrogen and oxygen atoms in total. The van der Waals surface area contributed by atoms with Gasteiger partial charge >= 0.3 is 6.09 Å². The Bertz CT molecular complexity index is 229. The SMILES string of the molecule is CCC1(C)CC(C=O)N(C(=O)O)C1. The highest BCUT2D eigenvalue weighted by Gasteiger charge is 2.41. The van der Waals surface area contributed by atoms with Gasteiger partial charge in [-0.3, -0.25) is 4.90 Å². The highest BCUT2D eigenvalue weighted by atomic mass is 16.4. The summed E-state index contributed by atoms with van der Waals surface area (Å²) in [5.41, 5.74) is -0.0238. The summed E-state index contributed by atoms with van der Waals surface area (Å²) in [5.74, 6) is 0. The maximum atomic E-state index is 10.7. The van der Waals surface area contributed by atoms with E-state index in [1.54, 1.807) is 0 Å². The van der Waals surface area contributed by atoms with Crippen LogP contribution in [0.1, 0.15) is 26.7 Å². The van der Waals surface area contributed by atoms with Crippen molar-refractivity contribution in [1.29, 1.82) is 0 Å². The van der Waals surface area contributed by atoms with E-state index in [0.717, 1.165) is 12.7 Å². The third kappa shape index (κ3) is 1.82. The van der Waals surface area contributed by atoms with Gasteiger partial charge in [0.05, 0.1) is 6.04 Å². The quantitative estimate of drug-likeness (QED) is 0.661. The average molecular weight is 185 g/mol. The molecule has 13 heavy (non-hydrogen) atoms. The van der Waals surface area contributed by atoms with Crippen molar-refractivity contribution in [3.05, 3.63) is 0 Å². The summed E-state index contributed by atoms with van der Waals surface area (Å²) in [6.07, 6.45) is 1.30. The number of carbonyl (C=O) groups excluding carboxylic acids is 1. The minimum absolute atomic E-state index is 0.0238.